The number of nitrogens with zero attached hydrogens (tertiary/aromatic N) is 2. The minimum Gasteiger partial charge on any atom is -0.493 e. The number of hydrogen-bond acceptors (Lipinski definition) is 12. The van der Waals surface area contributed by atoms with Crippen LogP contribution in [0.1, 0.15) is 153 Å². The number of benzene rings is 7. The second kappa shape index (κ2) is 16.5. The molecule has 2 unspecified atom stereocenters. The Labute approximate surface area is 476 Å². The van der Waals surface area contributed by atoms with E-state index in [9.17, 15) is 10.5 Å². The van der Waals surface area contributed by atoms with Crippen LogP contribution in [0.15, 0.2) is 106 Å². The van der Waals surface area contributed by atoms with Crippen molar-refractivity contribution in [1.29, 1.82) is 10.5 Å². The van der Waals surface area contributed by atoms with E-state index in [1.54, 1.807) is 58.4 Å². The van der Waals surface area contributed by atoms with Crippen LogP contribution in [0.4, 0.5) is 13.2 Å². The van der Waals surface area contributed by atoms with E-state index in [0.29, 0.717) is 59.8 Å². The molecule has 4 aliphatic carbocycles. The van der Waals surface area contributed by atoms with E-state index < -0.39 is 75.9 Å². The van der Waals surface area contributed by atoms with Crippen molar-refractivity contribution >= 4 is 54.5 Å². The third kappa shape index (κ3) is 6.93. The van der Waals surface area contributed by atoms with Gasteiger partial charge in [-0.1, -0.05) is 73.6 Å². The summed E-state index contributed by atoms with van der Waals surface area (Å²) in [5.41, 5.74) is 0.989. The van der Waals surface area contributed by atoms with Gasteiger partial charge in [0.25, 0.3) is 0 Å². The number of rotatable bonds is 4. The average Bonchev–Trinajstić information content (AvgIpc) is 1.64. The number of fused-ring (bicyclic) bond motifs is 14. The Hall–Kier alpha value is -8.34. The summed E-state index contributed by atoms with van der Waals surface area (Å²) in [4.78, 5) is -0.928. The molecule has 14 rings (SSSR count). The number of sulfone groups is 1. The first-order valence-electron chi connectivity index (χ1n) is 27.5. The highest BCUT2D eigenvalue weighted by molar-refractivity contribution is 7.92. The molecule has 0 saturated heterocycles. The molecule has 0 radical (unpaired) electrons. The van der Waals surface area contributed by atoms with Crippen LogP contribution in [0.2, 0.25) is 0 Å². The van der Waals surface area contributed by atoms with Crippen molar-refractivity contribution in [3.8, 4) is 46.6 Å². The van der Waals surface area contributed by atoms with Crippen LogP contribution in [-0.2, 0) is 48.5 Å². The highest BCUT2D eigenvalue weighted by Gasteiger charge is 2.59. The third-order valence-corrected chi connectivity index (χ3v) is 20.9. The zero-order chi connectivity index (χ0) is 58.8. The third-order valence-electron chi connectivity index (χ3n) is 19.1. The first-order valence-corrected chi connectivity index (χ1v) is 29.0. The van der Waals surface area contributed by atoms with Gasteiger partial charge in [0.2, 0.25) is 9.84 Å². The molecule has 3 heterocycles. The molecule has 16 heteroatoms. The summed E-state index contributed by atoms with van der Waals surface area (Å²) in [7, 11) is -1.64. The molecule has 0 amide bonds. The van der Waals surface area contributed by atoms with E-state index in [4.69, 9.17) is 36.6 Å². The van der Waals surface area contributed by atoms with Gasteiger partial charge in [0.15, 0.2) is 84.1 Å². The second-order valence-corrected chi connectivity index (χ2v) is 27.9. The van der Waals surface area contributed by atoms with Gasteiger partial charge in [-0.25, -0.2) is 8.42 Å². The van der Waals surface area contributed by atoms with Crippen molar-refractivity contribution in [3.05, 3.63) is 151 Å². The van der Waals surface area contributed by atoms with E-state index in [-0.39, 0.29) is 55.3 Å². The van der Waals surface area contributed by atoms with Gasteiger partial charge in [-0.3, -0.25) is 0 Å². The molecule has 2 atom stereocenters. The predicted octanol–water partition coefficient (Wildman–Crippen LogP) is 17.2. The van der Waals surface area contributed by atoms with Gasteiger partial charge < -0.3 is 36.6 Å². The summed E-state index contributed by atoms with van der Waals surface area (Å²) in [6, 6.07) is 26.8. The van der Waals surface area contributed by atoms with Gasteiger partial charge in [-0.05, 0) is 177 Å². The van der Waals surface area contributed by atoms with Gasteiger partial charge >= 0.3 is 6.18 Å². The minimum absolute atomic E-state index is 0.00630. The number of methoxy groups -OCH3 is 2. The molecule has 0 fully saturated rings. The predicted molar refractivity (Wildman–Crippen MR) is 304 cm³/mol. The number of hydrogen-bond donors (Lipinski definition) is 0. The Morgan fingerprint density at radius 2 is 0.843 bits per heavy atom. The van der Waals surface area contributed by atoms with E-state index in [0.717, 1.165) is 44.5 Å². The number of nitriles is 2. The molecule has 12 nitrogen and oxygen atoms in total. The quantitative estimate of drug-likeness (QED) is 0.153. The number of ether oxygens (including phenoxy) is 4. The van der Waals surface area contributed by atoms with E-state index >= 15 is 21.6 Å². The first-order chi connectivity index (χ1) is 39.0. The van der Waals surface area contributed by atoms with Crippen LogP contribution < -0.4 is 18.9 Å². The summed E-state index contributed by atoms with van der Waals surface area (Å²) < 4.78 is 131. The highest BCUT2D eigenvalue weighted by Crippen LogP contribution is 2.67. The molecule has 2 spiro atoms. The monoisotopic (exact) mass is 1140 g/mol. The lowest BCUT2D eigenvalue weighted by molar-refractivity contribution is -0.136. The number of alkyl halides is 3. The summed E-state index contributed by atoms with van der Waals surface area (Å²) in [6.07, 6.45) is -2.82. The zero-order valence-corrected chi connectivity index (χ0v) is 48.7. The van der Waals surface area contributed by atoms with Gasteiger partial charge in [-0.2, -0.15) is 23.7 Å². The Bertz CT molecular complexity index is 4730. The Morgan fingerprint density at radius 1 is 0.506 bits per heavy atom. The van der Waals surface area contributed by atoms with E-state index in [1.807, 2.05) is 24.3 Å². The maximum atomic E-state index is 16.4. The molecule has 422 valence electrons. The molecule has 1 aliphatic heterocycles. The molecule has 5 aliphatic rings. The van der Waals surface area contributed by atoms with Gasteiger partial charge in [0, 0.05) is 10.8 Å². The largest absolute Gasteiger partial charge is 0.493 e. The summed E-state index contributed by atoms with van der Waals surface area (Å²) in [5, 5.41) is 20.6. The maximum Gasteiger partial charge on any atom is 0.423 e. The van der Waals surface area contributed by atoms with Crippen molar-refractivity contribution in [2.75, 3.05) is 14.2 Å². The molecular formula is C67H57F3N2O10S. The average molecular weight is 1140 g/mol. The van der Waals surface area contributed by atoms with Crippen LogP contribution in [0, 0.1) is 36.5 Å². The number of halogens is 3. The van der Waals surface area contributed by atoms with Crippen molar-refractivity contribution < 1.29 is 58.2 Å². The fraction of sp³-hybridized carbons (Fsp3) is 0.343. The normalized spacial score (nSPS) is 20.8. The standard InChI is InChI=1S/C67H57F3N2O10S/c1-32-33(2)36(27-72)55-54(35(32)26-71)77-47-19-38-42(23-50(47)78-55)66(30-63(38,7)8)31-64(9,10)39-20-48-52(25-44(39)66)82-59-56(79-48)53(67(68,69)70)57-58(60(59)83(73,74)34-16-14-13-15-17-34)81-49-21-40-43(24-51(49)80-57)65(29-62(40,5)6)28-61(3,4)37-18-45(75-11)46(76-12)22-41(37)65/h13-25H,28-31H2,1-12H3. The Balaban J connectivity index is 1.02. The lowest BCUT2D eigenvalue weighted by atomic mass is 9.72. The molecule has 0 N–H and O–H groups in total. The molecule has 2 aromatic heterocycles. The molecular weight excluding hydrogens is 1080 g/mol. The Morgan fingerprint density at radius 3 is 1.24 bits per heavy atom. The minimum atomic E-state index is -5.22. The lowest BCUT2D eigenvalue weighted by Crippen LogP contribution is -2.27. The van der Waals surface area contributed by atoms with Gasteiger partial charge in [0.05, 0.1) is 19.1 Å². The highest BCUT2D eigenvalue weighted by atomic mass is 32.2. The lowest BCUT2D eigenvalue weighted by Gasteiger charge is -2.31. The zero-order valence-electron chi connectivity index (χ0n) is 47.9. The molecule has 7 aromatic carbocycles. The molecule has 0 bridgehead atoms. The Kier molecular flexibility index (Phi) is 10.5. The summed E-state index contributed by atoms with van der Waals surface area (Å²) in [5.74, 6) is 2.19. The van der Waals surface area contributed by atoms with E-state index in [2.05, 4.69) is 67.5 Å². The molecule has 9 aromatic rings. The van der Waals surface area contributed by atoms with Crippen molar-refractivity contribution in [1.82, 2.24) is 0 Å². The van der Waals surface area contributed by atoms with Crippen LogP contribution in [0.3, 0.4) is 0 Å². The maximum absolute atomic E-state index is 16.4. The van der Waals surface area contributed by atoms with Crippen molar-refractivity contribution in [2.24, 2.45) is 0 Å². The fourth-order valence-corrected chi connectivity index (χ4v) is 17.2. The topological polar surface area (TPSA) is 171 Å². The first kappa shape index (κ1) is 52.7. The summed E-state index contributed by atoms with van der Waals surface area (Å²) >= 11 is 0. The van der Waals surface area contributed by atoms with Crippen LogP contribution in [0.5, 0.6) is 34.5 Å². The smallest absolute Gasteiger partial charge is 0.423 e. The molecule has 0 saturated carbocycles. The van der Waals surface area contributed by atoms with Gasteiger partial charge in [0.1, 0.15) is 28.8 Å². The fourth-order valence-electron chi connectivity index (χ4n) is 15.7. The van der Waals surface area contributed by atoms with Crippen molar-refractivity contribution in [3.63, 3.8) is 0 Å². The van der Waals surface area contributed by atoms with E-state index in [1.165, 1.54) is 24.3 Å². The molecule has 83 heavy (non-hydrogen) atoms. The van der Waals surface area contributed by atoms with Crippen LogP contribution in [-0.4, -0.2) is 22.6 Å². The second-order valence-electron chi connectivity index (χ2n) is 26.0. The van der Waals surface area contributed by atoms with Crippen LogP contribution >= 0.6 is 0 Å². The van der Waals surface area contributed by atoms with Crippen molar-refractivity contribution in [2.45, 2.75) is 143 Å². The summed E-state index contributed by atoms with van der Waals surface area (Å²) in [6.45, 7) is 20.5. The van der Waals surface area contributed by atoms with Gasteiger partial charge in [-0.15, -0.1) is 0 Å². The SMILES string of the molecule is COc1cc2c(cc1OC)C1(CC2(C)C)CC(C)(C)c2cc3oc4c(S(=O)(=O)c5ccccc5)c5oc6cc7c(cc6oc5c(C(F)(F)F)c4oc3cc21)C(C)(C)CC71CC(C)(C)c2cc3c(cc21)Oc1c(C#N)c(C)c(C)c(C#N)c1O3. The van der Waals surface area contributed by atoms with Crippen LogP contribution in [0.25, 0.3) is 44.7 Å².